The van der Waals surface area contributed by atoms with Crippen molar-refractivity contribution in [2.24, 2.45) is 0 Å². The number of ether oxygens (including phenoxy) is 1. The average Bonchev–Trinajstić information content (AvgIpc) is 2.60. The summed E-state index contributed by atoms with van der Waals surface area (Å²) in [6, 6.07) is 5.00. The molecule has 1 heterocycles. The lowest BCUT2D eigenvalue weighted by molar-refractivity contribution is -0.118. The van der Waals surface area contributed by atoms with Crippen LogP contribution in [0.1, 0.15) is 35.7 Å². The number of fused-ring (bicyclic) bond motifs is 1. The van der Waals surface area contributed by atoms with E-state index in [-0.39, 0.29) is 42.3 Å². The fourth-order valence-electron chi connectivity index (χ4n) is 2.77. The van der Waals surface area contributed by atoms with Gasteiger partial charge >= 0.3 is 13.1 Å². The maximum Gasteiger partial charge on any atom is 0.526 e. The van der Waals surface area contributed by atoms with E-state index < -0.39 is 28.9 Å². The first kappa shape index (κ1) is 20.4. The lowest BCUT2D eigenvalue weighted by Crippen LogP contribution is -2.36. The first-order valence-corrected chi connectivity index (χ1v) is 9.99. The largest absolute Gasteiger partial charge is 0.535 e. The van der Waals surface area contributed by atoms with Crippen molar-refractivity contribution in [2.45, 2.75) is 32.0 Å². The van der Waals surface area contributed by atoms with E-state index in [9.17, 15) is 23.0 Å². The molecule has 2 N–H and O–H groups in total. The molecule has 8 nitrogen and oxygen atoms in total. The number of benzene rings is 1. The first-order valence-electron chi connectivity index (χ1n) is 8.34. The molecule has 0 saturated carbocycles. The summed E-state index contributed by atoms with van der Waals surface area (Å²) in [6.07, 6.45) is 0.194. The van der Waals surface area contributed by atoms with E-state index >= 15 is 0 Å². The number of hydrogen-bond donors (Lipinski definition) is 2. The molecule has 0 radical (unpaired) electrons. The molecular formula is C16H22BNO7S. The molecule has 0 aliphatic carbocycles. The molecule has 1 aliphatic heterocycles. The molecule has 1 aromatic carbocycles. The average molecular weight is 383 g/mol. The van der Waals surface area contributed by atoms with Crippen molar-refractivity contribution in [3.63, 3.8) is 0 Å². The van der Waals surface area contributed by atoms with Gasteiger partial charge in [-0.3, -0.25) is 4.79 Å². The van der Waals surface area contributed by atoms with E-state index in [4.69, 9.17) is 9.39 Å². The molecule has 142 valence electrons. The van der Waals surface area contributed by atoms with Crippen LogP contribution in [0.2, 0.25) is 5.82 Å². The van der Waals surface area contributed by atoms with E-state index in [1.54, 1.807) is 25.1 Å². The maximum atomic E-state index is 12.1. The Hall–Kier alpha value is -1.91. The van der Waals surface area contributed by atoms with Crippen LogP contribution < -0.4 is 9.38 Å². The number of esters is 1. The maximum absolute atomic E-state index is 12.1. The number of Topliss-reactive ketones (excluding diaryl/α,β-unsaturated/α-hetero) is 1. The number of nitrogens with one attached hydrogen (secondary N) is 1. The molecule has 1 aliphatic rings. The quantitative estimate of drug-likeness (QED) is 0.497. The fraction of sp³-hybridized carbons (Fsp3) is 0.500. The molecule has 0 saturated heterocycles. The second-order valence-electron chi connectivity index (χ2n) is 6.00. The molecule has 0 unspecified atom stereocenters. The Labute approximate surface area is 153 Å². The highest BCUT2D eigenvalue weighted by atomic mass is 32.2. The van der Waals surface area contributed by atoms with E-state index in [1.165, 1.54) is 7.05 Å². The number of carbonyl (C=O) groups is 2. The molecule has 1 atom stereocenters. The van der Waals surface area contributed by atoms with Crippen LogP contribution in [0.5, 0.6) is 5.75 Å². The van der Waals surface area contributed by atoms with Gasteiger partial charge in [0, 0.05) is 18.7 Å². The third-order valence-corrected chi connectivity index (χ3v) is 5.53. The molecule has 0 spiro atoms. The highest BCUT2D eigenvalue weighted by molar-refractivity contribution is 7.89. The van der Waals surface area contributed by atoms with Crippen molar-refractivity contribution >= 4 is 28.9 Å². The number of para-hydroxylation sites is 1. The van der Waals surface area contributed by atoms with Gasteiger partial charge in [0.15, 0.2) is 0 Å². The third-order valence-electron chi connectivity index (χ3n) is 4.17. The zero-order chi connectivity index (χ0) is 19.3. The van der Waals surface area contributed by atoms with Gasteiger partial charge in [0.2, 0.25) is 10.0 Å². The summed E-state index contributed by atoms with van der Waals surface area (Å²) in [5.41, 5.74) is 0.926. The zero-order valence-corrected chi connectivity index (χ0v) is 15.5. The van der Waals surface area contributed by atoms with Crippen LogP contribution in [0.15, 0.2) is 18.2 Å². The van der Waals surface area contributed by atoms with Gasteiger partial charge in [-0.2, -0.15) is 0 Å². The molecule has 0 amide bonds. The van der Waals surface area contributed by atoms with Crippen molar-refractivity contribution < 1.29 is 32.4 Å². The van der Waals surface area contributed by atoms with Gasteiger partial charge in [0.05, 0.1) is 12.4 Å². The van der Waals surface area contributed by atoms with Crippen LogP contribution in [-0.4, -0.2) is 51.7 Å². The normalized spacial score (nSPS) is 16.6. The van der Waals surface area contributed by atoms with Crippen LogP contribution in [0.25, 0.3) is 0 Å². The molecule has 1 aromatic rings. The van der Waals surface area contributed by atoms with E-state index in [1.807, 2.05) is 0 Å². The van der Waals surface area contributed by atoms with E-state index in [0.717, 1.165) is 0 Å². The van der Waals surface area contributed by atoms with Crippen LogP contribution in [-0.2, 0) is 26.0 Å². The van der Waals surface area contributed by atoms with Crippen LogP contribution in [0, 0.1) is 0 Å². The van der Waals surface area contributed by atoms with Crippen LogP contribution in [0.4, 0.5) is 0 Å². The second kappa shape index (κ2) is 8.65. The van der Waals surface area contributed by atoms with Gasteiger partial charge < -0.3 is 14.4 Å². The van der Waals surface area contributed by atoms with Gasteiger partial charge in [0.1, 0.15) is 17.1 Å². The summed E-state index contributed by atoms with van der Waals surface area (Å²) in [6.45, 7) is 1.91. The Morgan fingerprint density at radius 1 is 1.42 bits per heavy atom. The Balaban J connectivity index is 2.07. The summed E-state index contributed by atoms with van der Waals surface area (Å²) >= 11 is 0. The Bertz CT molecular complexity index is 781. The Morgan fingerprint density at radius 2 is 2.15 bits per heavy atom. The SMILES string of the molecule is CCOC(=O)c1cccc2c1OB(O)[C@@H](CC(=O)CCS(=O)(=O)NC)C2. The van der Waals surface area contributed by atoms with E-state index in [2.05, 4.69) is 4.72 Å². The molecule has 0 fully saturated rings. The van der Waals surface area contributed by atoms with Gasteiger partial charge in [-0.05, 0) is 32.0 Å². The smallest absolute Gasteiger partial charge is 0.526 e. The summed E-state index contributed by atoms with van der Waals surface area (Å²) in [5, 5.41) is 10.2. The zero-order valence-electron chi connectivity index (χ0n) is 14.7. The molecule has 0 aromatic heterocycles. The Kier molecular flexibility index (Phi) is 6.79. The lowest BCUT2D eigenvalue weighted by atomic mass is 9.64. The minimum absolute atomic E-state index is 0.0104. The van der Waals surface area contributed by atoms with Crippen molar-refractivity contribution in [1.29, 1.82) is 0 Å². The molecule has 0 bridgehead atoms. The summed E-state index contributed by atoms with van der Waals surface area (Å²) in [4.78, 5) is 24.0. The molecular weight excluding hydrogens is 361 g/mol. The Morgan fingerprint density at radius 3 is 2.81 bits per heavy atom. The first-order chi connectivity index (χ1) is 12.3. The van der Waals surface area contributed by atoms with Gasteiger partial charge in [0.25, 0.3) is 0 Å². The molecule has 26 heavy (non-hydrogen) atoms. The molecule has 10 heteroatoms. The predicted octanol–water partition coefficient (Wildman–Crippen LogP) is 0.547. The van der Waals surface area contributed by atoms with Gasteiger partial charge in [-0.15, -0.1) is 0 Å². The van der Waals surface area contributed by atoms with Crippen molar-refractivity contribution in [1.82, 2.24) is 4.72 Å². The minimum Gasteiger partial charge on any atom is -0.535 e. The predicted molar refractivity (Wildman–Crippen MR) is 95.5 cm³/mol. The topological polar surface area (TPSA) is 119 Å². The highest BCUT2D eigenvalue weighted by Gasteiger charge is 2.37. The third kappa shape index (κ3) is 5.06. The highest BCUT2D eigenvalue weighted by Crippen LogP contribution is 2.36. The van der Waals surface area contributed by atoms with E-state index in [0.29, 0.717) is 12.0 Å². The van der Waals surface area contributed by atoms with Crippen molar-refractivity contribution in [3.8, 4) is 5.75 Å². The number of ketones is 1. The summed E-state index contributed by atoms with van der Waals surface area (Å²) < 4.78 is 35.4. The van der Waals surface area contributed by atoms with Crippen molar-refractivity contribution in [3.05, 3.63) is 29.3 Å². The van der Waals surface area contributed by atoms with Crippen LogP contribution in [0.3, 0.4) is 0 Å². The van der Waals surface area contributed by atoms with Crippen LogP contribution >= 0.6 is 0 Å². The molecule has 2 rings (SSSR count). The fourth-order valence-corrected chi connectivity index (χ4v) is 3.47. The standard InChI is InChI=1S/C16H22BNO7S/c1-3-24-16(20)14-6-4-5-11-9-12(17(21)25-15(11)14)10-13(19)7-8-26(22,23)18-2/h4-6,12,18,21H,3,7-10H2,1-2H3/t12-/m1/s1. The number of hydrogen-bond acceptors (Lipinski definition) is 7. The lowest BCUT2D eigenvalue weighted by Gasteiger charge is -2.28. The number of carbonyl (C=O) groups excluding carboxylic acids is 2. The van der Waals surface area contributed by atoms with Gasteiger partial charge in [-0.25, -0.2) is 17.9 Å². The monoisotopic (exact) mass is 383 g/mol. The number of rotatable bonds is 8. The second-order valence-corrected chi connectivity index (χ2v) is 8.05. The van der Waals surface area contributed by atoms with Gasteiger partial charge in [-0.1, -0.05) is 12.1 Å². The number of sulfonamides is 1. The summed E-state index contributed by atoms with van der Waals surface area (Å²) in [5.74, 6) is -1.36. The summed E-state index contributed by atoms with van der Waals surface area (Å²) in [7, 11) is -3.43. The van der Waals surface area contributed by atoms with Crippen molar-refractivity contribution in [2.75, 3.05) is 19.4 Å². The minimum atomic E-state index is -3.45.